The highest BCUT2D eigenvalue weighted by molar-refractivity contribution is 5.99. The van der Waals surface area contributed by atoms with Crippen molar-refractivity contribution in [3.8, 4) is 22.6 Å². The van der Waals surface area contributed by atoms with E-state index >= 15 is 0 Å². The fourth-order valence-corrected chi connectivity index (χ4v) is 2.28. The third kappa shape index (κ3) is 3.92. The van der Waals surface area contributed by atoms with Gasteiger partial charge in [-0.05, 0) is 12.1 Å². The van der Waals surface area contributed by atoms with Gasteiger partial charge in [-0.15, -0.1) is 0 Å². The summed E-state index contributed by atoms with van der Waals surface area (Å²) in [7, 11) is 0. The lowest BCUT2D eigenvalue weighted by atomic mass is 9.98. The molecule has 0 saturated carbocycles. The standard InChI is InChI=1S/C20H18O6/c1-3-11-25-19(23)15-9-5-7-13(17(15)21)14-8-6-10-16(18(14)22)20(24)26-12-4-2/h3-10,21-22H,1-2,11-12H2. The number of phenols is 2. The Hall–Kier alpha value is -3.54. The van der Waals surface area contributed by atoms with Crippen molar-refractivity contribution in [2.75, 3.05) is 13.2 Å². The van der Waals surface area contributed by atoms with Gasteiger partial charge in [-0.3, -0.25) is 0 Å². The van der Waals surface area contributed by atoms with E-state index in [0.29, 0.717) is 0 Å². The number of rotatable bonds is 7. The molecule has 0 aromatic heterocycles. The first-order valence-corrected chi connectivity index (χ1v) is 7.71. The van der Waals surface area contributed by atoms with Crippen molar-refractivity contribution >= 4 is 11.9 Å². The van der Waals surface area contributed by atoms with Gasteiger partial charge < -0.3 is 19.7 Å². The van der Waals surface area contributed by atoms with Gasteiger partial charge in [0.2, 0.25) is 0 Å². The van der Waals surface area contributed by atoms with E-state index in [0.717, 1.165) is 0 Å². The number of esters is 2. The lowest BCUT2D eigenvalue weighted by Gasteiger charge is -2.12. The topological polar surface area (TPSA) is 93.1 Å². The first-order chi connectivity index (χ1) is 12.5. The molecule has 2 rings (SSSR count). The van der Waals surface area contributed by atoms with Crippen LogP contribution in [0.25, 0.3) is 11.1 Å². The molecule has 0 radical (unpaired) electrons. The molecule has 6 heteroatoms. The van der Waals surface area contributed by atoms with Crippen LogP contribution >= 0.6 is 0 Å². The van der Waals surface area contributed by atoms with Gasteiger partial charge in [-0.2, -0.15) is 0 Å². The summed E-state index contributed by atoms with van der Waals surface area (Å²) in [4.78, 5) is 24.0. The molecule has 134 valence electrons. The number of hydrogen-bond donors (Lipinski definition) is 2. The molecule has 2 aromatic carbocycles. The van der Waals surface area contributed by atoms with E-state index in [2.05, 4.69) is 13.2 Å². The number of para-hydroxylation sites is 2. The average molecular weight is 354 g/mol. The van der Waals surface area contributed by atoms with E-state index in [-0.39, 0.29) is 47.0 Å². The summed E-state index contributed by atoms with van der Waals surface area (Å²) < 4.78 is 9.84. The molecule has 0 fully saturated rings. The number of aromatic hydroxyl groups is 2. The first kappa shape index (κ1) is 18.8. The lowest BCUT2D eigenvalue weighted by Crippen LogP contribution is -2.07. The summed E-state index contributed by atoms with van der Waals surface area (Å²) in [5.41, 5.74) is 0.217. The van der Waals surface area contributed by atoms with Crippen LogP contribution in [-0.2, 0) is 9.47 Å². The van der Waals surface area contributed by atoms with Crippen LogP contribution in [0.4, 0.5) is 0 Å². The predicted molar refractivity (Wildman–Crippen MR) is 96.2 cm³/mol. The summed E-state index contributed by atoms with van der Waals surface area (Å²) >= 11 is 0. The Morgan fingerprint density at radius 2 is 1.19 bits per heavy atom. The molecule has 0 saturated heterocycles. The Morgan fingerprint density at radius 3 is 1.54 bits per heavy atom. The van der Waals surface area contributed by atoms with Crippen molar-refractivity contribution < 1.29 is 29.3 Å². The van der Waals surface area contributed by atoms with Crippen molar-refractivity contribution in [2.45, 2.75) is 0 Å². The van der Waals surface area contributed by atoms with Gasteiger partial charge in [0.05, 0.1) is 0 Å². The molecule has 0 aliphatic carbocycles. The summed E-state index contributed by atoms with van der Waals surface area (Å²) in [6, 6.07) is 8.86. The zero-order chi connectivity index (χ0) is 19.1. The molecule has 0 aliphatic rings. The van der Waals surface area contributed by atoms with Crippen LogP contribution < -0.4 is 0 Å². The number of ether oxygens (including phenoxy) is 2. The molecule has 0 atom stereocenters. The van der Waals surface area contributed by atoms with Crippen LogP contribution in [0, 0.1) is 0 Å². The number of hydrogen-bond acceptors (Lipinski definition) is 6. The van der Waals surface area contributed by atoms with Crippen molar-refractivity contribution in [1.29, 1.82) is 0 Å². The third-order valence-corrected chi connectivity index (χ3v) is 3.47. The third-order valence-electron chi connectivity index (χ3n) is 3.47. The van der Waals surface area contributed by atoms with Crippen LogP contribution in [-0.4, -0.2) is 35.4 Å². The fourth-order valence-electron chi connectivity index (χ4n) is 2.28. The van der Waals surface area contributed by atoms with E-state index in [4.69, 9.17) is 9.47 Å². The number of benzene rings is 2. The average Bonchev–Trinajstić information content (AvgIpc) is 2.64. The van der Waals surface area contributed by atoms with Gasteiger partial charge in [0.25, 0.3) is 0 Å². The Kier molecular flexibility index (Phi) is 6.16. The molecule has 0 amide bonds. The Bertz CT molecular complexity index is 782. The molecule has 0 unspecified atom stereocenters. The van der Waals surface area contributed by atoms with Crippen molar-refractivity contribution in [3.05, 3.63) is 72.8 Å². The second-order valence-electron chi connectivity index (χ2n) is 5.18. The Balaban J connectivity index is 2.46. The van der Waals surface area contributed by atoms with Gasteiger partial charge in [-0.25, -0.2) is 9.59 Å². The Morgan fingerprint density at radius 1 is 0.808 bits per heavy atom. The molecule has 0 bridgehead atoms. The maximum absolute atomic E-state index is 12.0. The van der Waals surface area contributed by atoms with E-state index < -0.39 is 11.9 Å². The first-order valence-electron chi connectivity index (χ1n) is 7.71. The van der Waals surface area contributed by atoms with E-state index in [1.807, 2.05) is 0 Å². The predicted octanol–water partition coefficient (Wildman–Crippen LogP) is 3.45. The normalized spacial score (nSPS) is 10.0. The van der Waals surface area contributed by atoms with E-state index in [1.54, 1.807) is 0 Å². The summed E-state index contributed by atoms with van der Waals surface area (Å²) in [6.07, 6.45) is 2.81. The minimum Gasteiger partial charge on any atom is -0.506 e. The van der Waals surface area contributed by atoms with E-state index in [9.17, 15) is 19.8 Å². The zero-order valence-electron chi connectivity index (χ0n) is 14.0. The van der Waals surface area contributed by atoms with Gasteiger partial charge in [0.15, 0.2) is 0 Å². The highest BCUT2D eigenvalue weighted by atomic mass is 16.5. The second-order valence-corrected chi connectivity index (χ2v) is 5.18. The molecular formula is C20H18O6. The maximum atomic E-state index is 12.0. The monoisotopic (exact) mass is 354 g/mol. The van der Waals surface area contributed by atoms with Crippen molar-refractivity contribution in [1.82, 2.24) is 0 Å². The SMILES string of the molecule is C=CCOC(=O)c1cccc(-c2cccc(C(=O)OCC=C)c2O)c1O. The van der Waals surface area contributed by atoms with Crippen LogP contribution in [0.15, 0.2) is 61.7 Å². The highest BCUT2D eigenvalue weighted by Gasteiger charge is 2.21. The van der Waals surface area contributed by atoms with Gasteiger partial charge >= 0.3 is 11.9 Å². The van der Waals surface area contributed by atoms with Crippen molar-refractivity contribution in [3.63, 3.8) is 0 Å². The summed E-state index contributed by atoms with van der Waals surface area (Å²) in [5, 5.41) is 20.9. The largest absolute Gasteiger partial charge is 0.506 e. The minimum absolute atomic E-state index is 0.00161. The van der Waals surface area contributed by atoms with Crippen LogP contribution in [0.5, 0.6) is 11.5 Å². The molecule has 26 heavy (non-hydrogen) atoms. The Labute approximate surface area is 150 Å². The summed E-state index contributed by atoms with van der Waals surface area (Å²) in [6.45, 7) is 6.90. The molecule has 0 heterocycles. The minimum atomic E-state index is -0.731. The molecule has 2 aromatic rings. The summed E-state index contributed by atoms with van der Waals surface area (Å²) in [5.74, 6) is -2.20. The van der Waals surface area contributed by atoms with Gasteiger partial charge in [0, 0.05) is 11.1 Å². The number of carbonyl (C=O) groups is 2. The quantitative estimate of drug-likeness (QED) is 0.584. The molecule has 2 N–H and O–H groups in total. The van der Waals surface area contributed by atoms with E-state index in [1.165, 1.54) is 48.6 Å². The fraction of sp³-hybridized carbons (Fsp3) is 0.100. The molecule has 6 nitrogen and oxygen atoms in total. The van der Waals surface area contributed by atoms with Gasteiger partial charge in [0.1, 0.15) is 35.8 Å². The van der Waals surface area contributed by atoms with Crippen molar-refractivity contribution in [2.24, 2.45) is 0 Å². The molecular weight excluding hydrogens is 336 g/mol. The second kappa shape index (κ2) is 8.53. The number of carbonyl (C=O) groups excluding carboxylic acids is 2. The number of phenolic OH excluding ortho intramolecular Hbond substituents is 2. The zero-order valence-corrected chi connectivity index (χ0v) is 14.0. The molecule has 0 spiro atoms. The smallest absolute Gasteiger partial charge is 0.342 e. The van der Waals surface area contributed by atoms with Crippen LogP contribution in [0.2, 0.25) is 0 Å². The van der Waals surface area contributed by atoms with Gasteiger partial charge in [-0.1, -0.05) is 49.6 Å². The molecule has 0 aliphatic heterocycles. The van der Waals surface area contributed by atoms with Crippen LogP contribution in [0.1, 0.15) is 20.7 Å². The maximum Gasteiger partial charge on any atom is 0.342 e. The highest BCUT2D eigenvalue weighted by Crippen LogP contribution is 2.39. The van der Waals surface area contributed by atoms with Crippen LogP contribution in [0.3, 0.4) is 0 Å². The lowest BCUT2D eigenvalue weighted by molar-refractivity contribution is 0.0536.